The summed E-state index contributed by atoms with van der Waals surface area (Å²) in [6, 6.07) is 21.4. The van der Waals surface area contributed by atoms with Crippen LogP contribution in [0.3, 0.4) is 0 Å². The topological polar surface area (TPSA) is 49.4 Å². The molecule has 3 rings (SSSR count). The smallest absolute Gasteiger partial charge is 0.256 e. The second-order valence-electron chi connectivity index (χ2n) is 7.81. The van der Waals surface area contributed by atoms with E-state index in [2.05, 4.69) is 5.32 Å². The molecule has 0 atom stereocenters. The molecule has 0 aromatic heterocycles. The van der Waals surface area contributed by atoms with Gasteiger partial charge in [0.1, 0.15) is 0 Å². The van der Waals surface area contributed by atoms with Crippen LogP contribution in [0.25, 0.3) is 10.8 Å². The van der Waals surface area contributed by atoms with E-state index < -0.39 is 0 Å². The van der Waals surface area contributed by atoms with Gasteiger partial charge in [-0.25, -0.2) is 0 Å². The maximum absolute atomic E-state index is 13.1. The number of nitrogens with one attached hydrogen (secondary N) is 1. The number of benzene rings is 3. The Morgan fingerprint density at radius 1 is 0.828 bits per heavy atom. The van der Waals surface area contributed by atoms with Gasteiger partial charge in [-0.05, 0) is 56.2 Å². The van der Waals surface area contributed by atoms with Crippen LogP contribution in [0.5, 0.6) is 0 Å². The first-order valence-corrected chi connectivity index (χ1v) is 10.1. The molecule has 4 heteroatoms. The molecule has 0 fully saturated rings. The number of hydrogen-bond acceptors (Lipinski definition) is 2. The molecule has 0 unspecified atom stereocenters. The van der Waals surface area contributed by atoms with Gasteiger partial charge in [0.05, 0.1) is 17.7 Å². The zero-order valence-corrected chi connectivity index (χ0v) is 17.5. The largest absolute Gasteiger partial charge is 0.334 e. The fourth-order valence-electron chi connectivity index (χ4n) is 3.80. The molecule has 2 amide bonds. The number of para-hydroxylation sites is 1. The number of carbonyl (C=O) groups excluding carboxylic acids is 2. The molecule has 0 saturated heterocycles. The Balaban J connectivity index is 1.84. The zero-order valence-electron chi connectivity index (χ0n) is 17.5. The molecule has 0 radical (unpaired) electrons. The van der Waals surface area contributed by atoms with Crippen LogP contribution >= 0.6 is 0 Å². The van der Waals surface area contributed by atoms with Crippen molar-refractivity contribution in [2.45, 2.75) is 46.2 Å². The Morgan fingerprint density at radius 2 is 1.45 bits per heavy atom. The van der Waals surface area contributed by atoms with Crippen LogP contribution in [-0.4, -0.2) is 28.8 Å². The summed E-state index contributed by atoms with van der Waals surface area (Å²) in [6.07, 6.45) is 0.252. The summed E-state index contributed by atoms with van der Waals surface area (Å²) in [6.45, 7) is 8.00. The van der Waals surface area contributed by atoms with E-state index in [1.54, 1.807) is 12.1 Å². The summed E-state index contributed by atoms with van der Waals surface area (Å²) in [5.74, 6) is -0.210. The van der Waals surface area contributed by atoms with E-state index >= 15 is 0 Å². The van der Waals surface area contributed by atoms with Gasteiger partial charge >= 0.3 is 0 Å². The van der Waals surface area contributed by atoms with Crippen molar-refractivity contribution in [1.29, 1.82) is 0 Å². The molecular weight excluding hydrogens is 360 g/mol. The van der Waals surface area contributed by atoms with Crippen molar-refractivity contribution >= 4 is 28.3 Å². The van der Waals surface area contributed by atoms with Crippen LogP contribution in [0.4, 0.5) is 5.69 Å². The SMILES string of the molecule is CC(C)N(C(=O)c1ccccc1NC(=O)Cc1cccc2ccccc12)C(C)C. The van der Waals surface area contributed by atoms with Gasteiger partial charge in [0.25, 0.3) is 5.91 Å². The lowest BCUT2D eigenvalue weighted by Gasteiger charge is -2.31. The normalized spacial score (nSPS) is 11.1. The van der Waals surface area contributed by atoms with Gasteiger partial charge in [0.15, 0.2) is 0 Å². The van der Waals surface area contributed by atoms with Crippen LogP contribution in [0.1, 0.15) is 43.6 Å². The first-order valence-electron chi connectivity index (χ1n) is 10.1. The van der Waals surface area contributed by atoms with Crippen molar-refractivity contribution in [2.24, 2.45) is 0 Å². The molecule has 29 heavy (non-hydrogen) atoms. The number of carbonyl (C=O) groups is 2. The molecule has 0 aliphatic heterocycles. The molecule has 0 saturated carbocycles. The Labute approximate surface area is 172 Å². The lowest BCUT2D eigenvalue weighted by Crippen LogP contribution is -2.42. The predicted molar refractivity (Wildman–Crippen MR) is 119 cm³/mol. The van der Waals surface area contributed by atoms with Crippen LogP contribution < -0.4 is 5.32 Å². The lowest BCUT2D eigenvalue weighted by molar-refractivity contribution is -0.115. The van der Waals surface area contributed by atoms with E-state index in [1.807, 2.05) is 87.2 Å². The van der Waals surface area contributed by atoms with E-state index in [0.717, 1.165) is 16.3 Å². The third kappa shape index (κ3) is 4.65. The van der Waals surface area contributed by atoms with Crippen molar-refractivity contribution in [3.63, 3.8) is 0 Å². The lowest BCUT2D eigenvalue weighted by atomic mass is 10.0. The Morgan fingerprint density at radius 3 is 2.17 bits per heavy atom. The standard InChI is InChI=1S/C25H28N2O2/c1-17(2)27(18(3)4)25(29)22-14-7-8-15-23(22)26-24(28)16-20-12-9-11-19-10-5-6-13-21(19)20/h5-15,17-18H,16H2,1-4H3,(H,26,28). The Bertz CT molecular complexity index is 1010. The fraction of sp³-hybridized carbons (Fsp3) is 0.280. The summed E-state index contributed by atoms with van der Waals surface area (Å²) >= 11 is 0. The molecule has 0 spiro atoms. The van der Waals surface area contributed by atoms with Gasteiger partial charge in [0.2, 0.25) is 5.91 Å². The first-order chi connectivity index (χ1) is 13.9. The third-order valence-electron chi connectivity index (χ3n) is 5.01. The second kappa shape index (κ2) is 8.91. The van der Waals surface area contributed by atoms with E-state index in [1.165, 1.54) is 0 Å². The highest BCUT2D eigenvalue weighted by Crippen LogP contribution is 2.22. The third-order valence-corrected chi connectivity index (χ3v) is 5.01. The number of fused-ring (bicyclic) bond motifs is 1. The number of anilines is 1. The van der Waals surface area contributed by atoms with Gasteiger partial charge in [-0.15, -0.1) is 0 Å². The summed E-state index contributed by atoms with van der Waals surface area (Å²) in [7, 11) is 0. The monoisotopic (exact) mass is 388 g/mol. The maximum Gasteiger partial charge on any atom is 0.256 e. The van der Waals surface area contributed by atoms with Crippen molar-refractivity contribution in [2.75, 3.05) is 5.32 Å². The molecule has 0 bridgehead atoms. The van der Waals surface area contributed by atoms with Crippen LogP contribution in [0.15, 0.2) is 66.7 Å². The maximum atomic E-state index is 13.1. The van der Waals surface area contributed by atoms with Gasteiger partial charge in [0, 0.05) is 12.1 Å². The van der Waals surface area contributed by atoms with Gasteiger partial charge in [-0.3, -0.25) is 9.59 Å². The zero-order chi connectivity index (χ0) is 21.0. The highest BCUT2D eigenvalue weighted by atomic mass is 16.2. The molecular formula is C25H28N2O2. The quantitative estimate of drug-likeness (QED) is 0.624. The molecule has 3 aromatic rings. The van der Waals surface area contributed by atoms with Gasteiger partial charge < -0.3 is 10.2 Å². The fourth-order valence-corrected chi connectivity index (χ4v) is 3.80. The van der Waals surface area contributed by atoms with E-state index in [-0.39, 0.29) is 30.3 Å². The molecule has 3 aromatic carbocycles. The number of amides is 2. The minimum atomic E-state index is -0.137. The molecule has 4 nitrogen and oxygen atoms in total. The van der Waals surface area contributed by atoms with Crippen LogP contribution in [0.2, 0.25) is 0 Å². The van der Waals surface area contributed by atoms with Crippen molar-refractivity contribution in [3.05, 3.63) is 77.9 Å². The van der Waals surface area contributed by atoms with E-state index in [4.69, 9.17) is 0 Å². The number of nitrogens with zero attached hydrogens (tertiary/aromatic N) is 1. The van der Waals surface area contributed by atoms with Gasteiger partial charge in [-0.1, -0.05) is 54.6 Å². The predicted octanol–water partition coefficient (Wildman–Crippen LogP) is 5.28. The molecule has 150 valence electrons. The molecule has 0 heterocycles. The summed E-state index contributed by atoms with van der Waals surface area (Å²) in [4.78, 5) is 27.8. The van der Waals surface area contributed by atoms with E-state index in [9.17, 15) is 9.59 Å². The molecule has 0 aliphatic carbocycles. The minimum absolute atomic E-state index is 0.0712. The Hall–Kier alpha value is -3.14. The summed E-state index contributed by atoms with van der Waals surface area (Å²) in [5.41, 5.74) is 2.03. The summed E-state index contributed by atoms with van der Waals surface area (Å²) < 4.78 is 0. The van der Waals surface area contributed by atoms with Crippen molar-refractivity contribution in [1.82, 2.24) is 4.90 Å². The molecule has 1 N–H and O–H groups in total. The number of hydrogen-bond donors (Lipinski definition) is 1. The van der Waals surface area contributed by atoms with Crippen molar-refractivity contribution in [3.8, 4) is 0 Å². The minimum Gasteiger partial charge on any atom is -0.334 e. The Kier molecular flexibility index (Phi) is 6.32. The molecule has 0 aliphatic rings. The highest BCUT2D eigenvalue weighted by Gasteiger charge is 2.24. The first kappa shape index (κ1) is 20.6. The van der Waals surface area contributed by atoms with E-state index in [0.29, 0.717) is 11.3 Å². The second-order valence-corrected chi connectivity index (χ2v) is 7.81. The van der Waals surface area contributed by atoms with Crippen LogP contribution in [0, 0.1) is 0 Å². The van der Waals surface area contributed by atoms with Crippen LogP contribution in [-0.2, 0) is 11.2 Å². The average molecular weight is 389 g/mol. The van der Waals surface area contributed by atoms with Gasteiger partial charge in [-0.2, -0.15) is 0 Å². The number of rotatable bonds is 6. The highest BCUT2D eigenvalue weighted by molar-refractivity contribution is 6.04. The summed E-state index contributed by atoms with van der Waals surface area (Å²) in [5, 5.41) is 5.13. The average Bonchev–Trinajstić information content (AvgIpc) is 2.68. The van der Waals surface area contributed by atoms with Crippen molar-refractivity contribution < 1.29 is 9.59 Å².